The van der Waals surface area contributed by atoms with Gasteiger partial charge in [-0.3, -0.25) is 0 Å². The molecule has 0 aliphatic heterocycles. The molecule has 24 heavy (non-hydrogen) atoms. The molecule has 7 heteroatoms. The largest absolute Gasteiger partial charge is 0.340 e. The number of aromatic nitrogens is 4. The summed E-state index contributed by atoms with van der Waals surface area (Å²) in [5.74, 6) is 1.90. The predicted octanol–water partition coefficient (Wildman–Crippen LogP) is 3.35. The fourth-order valence-corrected chi connectivity index (χ4v) is 3.45. The molecule has 0 atom stereocenters. The van der Waals surface area contributed by atoms with Crippen LogP contribution in [0.4, 0.5) is 4.39 Å². The third-order valence-electron chi connectivity index (χ3n) is 4.62. The van der Waals surface area contributed by atoms with E-state index in [4.69, 9.17) is 9.05 Å². The van der Waals surface area contributed by atoms with Crippen molar-refractivity contribution in [1.82, 2.24) is 20.3 Å². The first kappa shape index (κ1) is 15.0. The minimum Gasteiger partial charge on any atom is -0.340 e. The maximum Gasteiger partial charge on any atom is 0.237 e. The summed E-state index contributed by atoms with van der Waals surface area (Å²) in [4.78, 5) is 8.73. The van der Waals surface area contributed by atoms with E-state index in [0.29, 0.717) is 29.9 Å². The first-order valence-electron chi connectivity index (χ1n) is 8.04. The maximum absolute atomic E-state index is 13.3. The summed E-state index contributed by atoms with van der Waals surface area (Å²) in [5, 5.41) is 7.93. The van der Waals surface area contributed by atoms with Crippen molar-refractivity contribution in [2.24, 2.45) is 0 Å². The molecular formula is C17H17FN4O2. The second kappa shape index (κ2) is 5.81. The van der Waals surface area contributed by atoms with Crippen LogP contribution in [-0.4, -0.2) is 20.3 Å². The van der Waals surface area contributed by atoms with E-state index in [1.807, 2.05) is 12.1 Å². The Balaban J connectivity index is 1.66. The van der Waals surface area contributed by atoms with Gasteiger partial charge in [-0.15, -0.1) is 0 Å². The molecular weight excluding hydrogens is 311 g/mol. The van der Waals surface area contributed by atoms with Crippen molar-refractivity contribution in [1.29, 1.82) is 0 Å². The molecule has 0 spiro atoms. The summed E-state index contributed by atoms with van der Waals surface area (Å²) in [6.07, 6.45) is 4.36. The molecule has 0 saturated heterocycles. The van der Waals surface area contributed by atoms with E-state index in [1.165, 1.54) is 12.1 Å². The Morgan fingerprint density at radius 3 is 2.33 bits per heavy atom. The molecule has 2 heterocycles. The summed E-state index contributed by atoms with van der Waals surface area (Å²) < 4.78 is 23.8. The average Bonchev–Trinajstić information content (AvgIpc) is 3.30. The van der Waals surface area contributed by atoms with Gasteiger partial charge >= 0.3 is 0 Å². The smallest absolute Gasteiger partial charge is 0.237 e. The van der Waals surface area contributed by atoms with E-state index in [2.05, 4.69) is 20.3 Å². The van der Waals surface area contributed by atoms with Crippen molar-refractivity contribution in [2.45, 2.75) is 44.4 Å². The molecule has 1 fully saturated rings. The number of benzene rings is 1. The number of hydrogen-bond acceptors (Lipinski definition) is 6. The van der Waals surface area contributed by atoms with E-state index in [0.717, 1.165) is 31.2 Å². The minimum atomic E-state index is -0.327. The molecule has 1 aromatic carbocycles. The Morgan fingerprint density at radius 2 is 1.67 bits per heavy atom. The van der Waals surface area contributed by atoms with Crippen molar-refractivity contribution in [3.05, 3.63) is 59.1 Å². The molecule has 0 amide bonds. The lowest BCUT2D eigenvalue weighted by molar-refractivity contribution is 0.309. The molecule has 2 aromatic heterocycles. The highest BCUT2D eigenvalue weighted by molar-refractivity contribution is 5.33. The van der Waals surface area contributed by atoms with Gasteiger partial charge in [-0.1, -0.05) is 35.3 Å². The van der Waals surface area contributed by atoms with Crippen LogP contribution in [0.3, 0.4) is 0 Å². The van der Waals surface area contributed by atoms with Crippen LogP contribution >= 0.6 is 0 Å². The summed E-state index contributed by atoms with van der Waals surface area (Å²) in [5.41, 5.74) is 0.693. The van der Waals surface area contributed by atoms with Gasteiger partial charge in [-0.2, -0.15) is 9.97 Å². The quantitative estimate of drug-likeness (QED) is 0.731. The molecule has 0 N–H and O–H groups in total. The predicted molar refractivity (Wildman–Crippen MR) is 81.8 cm³/mol. The molecule has 0 bridgehead atoms. The lowest BCUT2D eigenvalue weighted by Gasteiger charge is -2.25. The van der Waals surface area contributed by atoms with E-state index in [9.17, 15) is 4.39 Å². The third-order valence-corrected chi connectivity index (χ3v) is 4.62. The normalized spacial score (nSPS) is 16.6. The van der Waals surface area contributed by atoms with E-state index in [1.54, 1.807) is 6.92 Å². The zero-order chi connectivity index (χ0) is 16.6. The number of aryl methyl sites for hydroxylation is 1. The van der Waals surface area contributed by atoms with Gasteiger partial charge < -0.3 is 9.05 Å². The molecule has 6 nitrogen and oxygen atoms in total. The summed E-state index contributed by atoms with van der Waals surface area (Å²) in [6.45, 7) is 1.74. The van der Waals surface area contributed by atoms with Crippen LogP contribution in [0.25, 0.3) is 0 Å². The molecule has 1 aliphatic carbocycles. The Hall–Kier alpha value is -2.57. The Kier molecular flexibility index (Phi) is 3.63. The lowest BCUT2D eigenvalue weighted by atomic mass is 9.78. The van der Waals surface area contributed by atoms with E-state index in [-0.39, 0.29) is 11.2 Å². The lowest BCUT2D eigenvalue weighted by Crippen LogP contribution is -2.24. The van der Waals surface area contributed by atoms with E-state index < -0.39 is 0 Å². The van der Waals surface area contributed by atoms with Crippen molar-refractivity contribution >= 4 is 0 Å². The van der Waals surface area contributed by atoms with Crippen LogP contribution in [0.1, 0.15) is 54.7 Å². The molecule has 0 radical (unpaired) electrons. The molecule has 0 unspecified atom stereocenters. The first-order valence-corrected chi connectivity index (χ1v) is 8.04. The summed E-state index contributed by atoms with van der Waals surface area (Å²) in [7, 11) is 0. The van der Waals surface area contributed by atoms with E-state index >= 15 is 0 Å². The maximum atomic E-state index is 13.3. The third kappa shape index (κ3) is 2.60. The van der Waals surface area contributed by atoms with Crippen molar-refractivity contribution in [2.75, 3.05) is 0 Å². The molecule has 124 valence electrons. The monoisotopic (exact) mass is 328 g/mol. The van der Waals surface area contributed by atoms with Gasteiger partial charge in [0.2, 0.25) is 11.8 Å². The fourth-order valence-electron chi connectivity index (χ4n) is 3.45. The molecule has 3 aromatic rings. The Bertz CT molecular complexity index is 834. The molecule has 1 saturated carbocycles. The van der Waals surface area contributed by atoms with Crippen LogP contribution in [0.5, 0.6) is 0 Å². The zero-order valence-corrected chi connectivity index (χ0v) is 13.3. The van der Waals surface area contributed by atoms with Crippen LogP contribution in [0.2, 0.25) is 0 Å². The van der Waals surface area contributed by atoms with Crippen molar-refractivity contribution < 1.29 is 13.4 Å². The summed E-state index contributed by atoms with van der Waals surface area (Å²) in [6, 6.07) is 6.59. The highest BCUT2D eigenvalue weighted by Gasteiger charge is 2.42. The Labute approximate surface area is 138 Å². The van der Waals surface area contributed by atoms with Gasteiger partial charge in [-0.25, -0.2) is 4.39 Å². The SMILES string of the molecule is Cc1nc(Cc2noc(C3(c4ccc(F)cc4)CCCC3)n2)no1. The van der Waals surface area contributed by atoms with Gasteiger partial charge in [-0.05, 0) is 30.5 Å². The van der Waals surface area contributed by atoms with Crippen molar-refractivity contribution in [3.8, 4) is 0 Å². The topological polar surface area (TPSA) is 77.8 Å². The van der Waals surface area contributed by atoms with Gasteiger partial charge in [0.25, 0.3) is 0 Å². The molecule has 4 rings (SSSR count). The Morgan fingerprint density at radius 1 is 1.00 bits per heavy atom. The average molecular weight is 328 g/mol. The van der Waals surface area contributed by atoms with Gasteiger partial charge in [0.1, 0.15) is 5.82 Å². The minimum absolute atomic E-state index is 0.245. The van der Waals surface area contributed by atoms with Gasteiger partial charge in [0.05, 0.1) is 11.8 Å². The second-order valence-corrected chi connectivity index (χ2v) is 6.22. The van der Waals surface area contributed by atoms with Crippen LogP contribution in [0, 0.1) is 12.7 Å². The van der Waals surface area contributed by atoms with Crippen LogP contribution in [0.15, 0.2) is 33.3 Å². The van der Waals surface area contributed by atoms with Crippen LogP contribution < -0.4 is 0 Å². The number of halogens is 1. The van der Waals surface area contributed by atoms with Gasteiger partial charge in [0, 0.05) is 6.92 Å². The van der Waals surface area contributed by atoms with Crippen LogP contribution in [-0.2, 0) is 11.8 Å². The standard InChI is InChI=1S/C17H17FN4O2/c1-11-19-14(21-23-11)10-15-20-16(24-22-15)17(8-2-3-9-17)12-4-6-13(18)7-5-12/h4-7H,2-3,8-10H2,1H3. The number of hydrogen-bond donors (Lipinski definition) is 0. The molecule has 1 aliphatic rings. The highest BCUT2D eigenvalue weighted by atomic mass is 19.1. The van der Waals surface area contributed by atoms with Gasteiger partial charge in [0.15, 0.2) is 11.6 Å². The highest BCUT2D eigenvalue weighted by Crippen LogP contribution is 2.45. The number of rotatable bonds is 4. The zero-order valence-electron chi connectivity index (χ0n) is 13.3. The number of nitrogens with zero attached hydrogens (tertiary/aromatic N) is 4. The van der Waals surface area contributed by atoms with Crippen molar-refractivity contribution in [3.63, 3.8) is 0 Å². The fraction of sp³-hybridized carbons (Fsp3) is 0.412. The second-order valence-electron chi connectivity index (χ2n) is 6.22. The first-order chi connectivity index (χ1) is 11.7. The summed E-state index contributed by atoms with van der Waals surface area (Å²) >= 11 is 0.